The quantitative estimate of drug-likeness (QED) is 0.231. The van der Waals surface area contributed by atoms with Crippen molar-refractivity contribution in [3.05, 3.63) is 58.7 Å². The van der Waals surface area contributed by atoms with Crippen LogP contribution >= 0.6 is 18.7 Å². The molecule has 1 aliphatic heterocycles. The molecule has 2 aliphatic carbocycles. The highest BCUT2D eigenvalue weighted by molar-refractivity contribution is 7.70. The van der Waals surface area contributed by atoms with Gasteiger partial charge in [-0.1, -0.05) is 17.7 Å². The number of nitrogens with one attached hydrogen (secondary N) is 2. The highest BCUT2D eigenvalue weighted by Crippen LogP contribution is 2.41. The summed E-state index contributed by atoms with van der Waals surface area (Å²) >= 11 is 6.49. The monoisotopic (exact) mass is 565 g/mol. The topological polar surface area (TPSA) is 79.4 Å². The third kappa shape index (κ3) is 6.42. The molecule has 0 bridgehead atoms. The molecule has 0 amide bonds. The van der Waals surface area contributed by atoms with Crippen molar-refractivity contribution >= 4 is 47.2 Å². The van der Waals surface area contributed by atoms with Gasteiger partial charge in [0.05, 0.1) is 18.0 Å². The lowest BCUT2D eigenvalue weighted by Gasteiger charge is -2.25. The van der Waals surface area contributed by atoms with Crippen LogP contribution in [-0.2, 0) is 17.4 Å². The molecule has 6 rings (SSSR count). The molecule has 2 N–H and O–H groups in total. The van der Waals surface area contributed by atoms with Crippen molar-refractivity contribution in [2.24, 2.45) is 0 Å². The molecular weight excluding hydrogens is 529 g/mol. The Kier molecular flexibility index (Phi) is 7.58. The van der Waals surface area contributed by atoms with Gasteiger partial charge < -0.3 is 24.8 Å². The van der Waals surface area contributed by atoms with Gasteiger partial charge in [-0.05, 0) is 119 Å². The van der Waals surface area contributed by atoms with Crippen LogP contribution in [0.25, 0.3) is 0 Å². The fraction of sp³-hybridized carbons (Fsp3) is 0.467. The van der Waals surface area contributed by atoms with Gasteiger partial charge in [-0.2, -0.15) is 4.98 Å². The predicted octanol–water partition coefficient (Wildman–Crippen LogP) is 6.75. The van der Waals surface area contributed by atoms with Gasteiger partial charge in [0.25, 0.3) is 0 Å². The summed E-state index contributed by atoms with van der Waals surface area (Å²) in [7, 11) is -2.60. The van der Waals surface area contributed by atoms with Crippen LogP contribution in [0.15, 0.2) is 42.6 Å². The lowest BCUT2D eigenvalue weighted by Crippen LogP contribution is -2.32. The summed E-state index contributed by atoms with van der Waals surface area (Å²) in [4.78, 5) is 11.8. The van der Waals surface area contributed by atoms with Crippen molar-refractivity contribution in [1.29, 1.82) is 0 Å². The third-order valence-corrected chi connectivity index (χ3v) is 9.79. The number of hydrogen-bond donors (Lipinski definition) is 2. The van der Waals surface area contributed by atoms with Crippen molar-refractivity contribution < 1.29 is 9.30 Å². The van der Waals surface area contributed by atoms with Crippen molar-refractivity contribution in [3.8, 4) is 5.75 Å². The van der Waals surface area contributed by atoms with E-state index >= 15 is 0 Å². The summed E-state index contributed by atoms with van der Waals surface area (Å²) in [5, 5.41) is 7.78. The molecular formula is C30H37ClN5O2P. The van der Waals surface area contributed by atoms with E-state index in [1.54, 1.807) is 19.5 Å². The second-order valence-electron chi connectivity index (χ2n) is 11.4. The standard InChI is InChI=1S/C30H37ClN5O2P/c1-39(2,37)28-18-25(38-24-11-12-24)13-14-27(28)34-29-26(31)19-32-30(35-29)33-22-8-5-20-6-9-23(10-7-21(20)17-22)36-15-3-4-16-36/h5,8,13-14,17-19,23-24H,3-4,6-7,9-12,15-16H2,1-2H3,(H2,32,33,34,35). The van der Waals surface area contributed by atoms with Gasteiger partial charge in [0.2, 0.25) is 5.95 Å². The molecule has 1 unspecified atom stereocenters. The van der Waals surface area contributed by atoms with Crippen LogP contribution in [0.2, 0.25) is 5.02 Å². The molecule has 2 aromatic carbocycles. The average molecular weight is 566 g/mol. The number of benzene rings is 2. The van der Waals surface area contributed by atoms with Gasteiger partial charge in [0, 0.05) is 17.0 Å². The van der Waals surface area contributed by atoms with Crippen LogP contribution in [0.4, 0.5) is 23.1 Å². The second kappa shape index (κ2) is 11.1. The Labute approximate surface area is 236 Å². The van der Waals surface area contributed by atoms with E-state index in [1.807, 2.05) is 18.2 Å². The molecule has 3 aromatic rings. The zero-order valence-electron chi connectivity index (χ0n) is 22.8. The molecule has 1 atom stereocenters. The molecule has 3 aliphatic rings. The Balaban J connectivity index is 1.19. The number of hydrogen-bond acceptors (Lipinski definition) is 7. The predicted molar refractivity (Wildman–Crippen MR) is 160 cm³/mol. The Morgan fingerprint density at radius 1 is 0.974 bits per heavy atom. The number of ether oxygens (including phenoxy) is 1. The van der Waals surface area contributed by atoms with Crippen molar-refractivity contribution in [1.82, 2.24) is 14.9 Å². The molecule has 2 fully saturated rings. The summed E-state index contributed by atoms with van der Waals surface area (Å²) in [5.41, 5.74) is 4.53. The molecule has 0 spiro atoms. The van der Waals surface area contributed by atoms with E-state index in [0.29, 0.717) is 33.8 Å². The summed E-state index contributed by atoms with van der Waals surface area (Å²) in [6, 6.07) is 13.0. The number of halogens is 1. The molecule has 9 heteroatoms. The molecule has 1 aromatic heterocycles. The molecule has 1 saturated heterocycles. The average Bonchev–Trinajstić information content (AvgIpc) is 3.61. The summed E-state index contributed by atoms with van der Waals surface area (Å²) in [5.74, 6) is 1.66. The first kappa shape index (κ1) is 26.6. The number of aryl methyl sites for hydroxylation is 2. The highest BCUT2D eigenvalue weighted by atomic mass is 35.5. The first-order valence-electron chi connectivity index (χ1n) is 14.1. The van der Waals surface area contributed by atoms with Gasteiger partial charge in [-0.25, -0.2) is 4.98 Å². The van der Waals surface area contributed by atoms with E-state index < -0.39 is 7.14 Å². The van der Waals surface area contributed by atoms with Gasteiger partial charge in [0.1, 0.15) is 17.9 Å². The molecule has 7 nitrogen and oxygen atoms in total. The first-order valence-corrected chi connectivity index (χ1v) is 17.1. The molecule has 1 saturated carbocycles. The zero-order valence-corrected chi connectivity index (χ0v) is 24.4. The second-order valence-corrected chi connectivity index (χ2v) is 15.0. The van der Waals surface area contributed by atoms with Crippen LogP contribution in [-0.4, -0.2) is 53.4 Å². The number of nitrogens with zero attached hydrogens (tertiary/aromatic N) is 3. The number of aromatic nitrogens is 2. The van der Waals surface area contributed by atoms with E-state index in [9.17, 15) is 4.57 Å². The zero-order chi connectivity index (χ0) is 27.0. The van der Waals surface area contributed by atoms with Crippen LogP contribution < -0.4 is 20.7 Å². The maximum Gasteiger partial charge on any atom is 0.229 e. The van der Waals surface area contributed by atoms with E-state index in [2.05, 4.69) is 43.7 Å². The Morgan fingerprint density at radius 2 is 1.74 bits per heavy atom. The van der Waals surface area contributed by atoms with Gasteiger partial charge in [-0.3, -0.25) is 0 Å². The lowest BCUT2D eigenvalue weighted by molar-refractivity contribution is 0.222. The Hall–Kier alpha value is -2.60. The molecule has 0 radical (unpaired) electrons. The number of likely N-dealkylation sites (tertiary alicyclic amines) is 1. The SMILES string of the molecule is CP(C)(=O)c1cc(OC2CC2)ccc1Nc1nc(Nc2ccc3c(c2)CCC(N2CCCC2)CC3)ncc1Cl. The number of anilines is 4. The summed E-state index contributed by atoms with van der Waals surface area (Å²) in [6.45, 7) is 6.03. The van der Waals surface area contributed by atoms with E-state index in [4.69, 9.17) is 16.3 Å². The van der Waals surface area contributed by atoms with Crippen LogP contribution in [0.3, 0.4) is 0 Å². The largest absolute Gasteiger partial charge is 0.490 e. The van der Waals surface area contributed by atoms with Crippen molar-refractivity contribution in [2.45, 2.75) is 63.5 Å². The molecule has 206 valence electrons. The van der Waals surface area contributed by atoms with Crippen LogP contribution in [0, 0.1) is 0 Å². The molecule has 2 heterocycles. The normalized spacial score (nSPS) is 19.8. The Morgan fingerprint density at radius 3 is 2.49 bits per heavy atom. The van der Waals surface area contributed by atoms with Gasteiger partial charge in [-0.15, -0.1) is 0 Å². The maximum absolute atomic E-state index is 13.1. The molecule has 39 heavy (non-hydrogen) atoms. The smallest absolute Gasteiger partial charge is 0.229 e. The van der Waals surface area contributed by atoms with Crippen LogP contribution in [0.1, 0.15) is 49.7 Å². The first-order chi connectivity index (χ1) is 18.8. The Bertz CT molecular complexity index is 1400. The lowest BCUT2D eigenvalue weighted by atomic mass is 10.0. The van der Waals surface area contributed by atoms with E-state index in [1.165, 1.54) is 49.9 Å². The fourth-order valence-electron chi connectivity index (χ4n) is 5.73. The van der Waals surface area contributed by atoms with E-state index in [0.717, 1.165) is 37.1 Å². The van der Waals surface area contributed by atoms with Crippen LogP contribution in [0.5, 0.6) is 5.75 Å². The number of fused-ring (bicyclic) bond motifs is 1. The van der Waals surface area contributed by atoms with Gasteiger partial charge in [0.15, 0.2) is 5.82 Å². The minimum Gasteiger partial charge on any atom is -0.490 e. The van der Waals surface area contributed by atoms with Crippen molar-refractivity contribution in [3.63, 3.8) is 0 Å². The third-order valence-electron chi connectivity index (χ3n) is 7.99. The van der Waals surface area contributed by atoms with E-state index in [-0.39, 0.29) is 6.10 Å². The minimum absolute atomic E-state index is 0.272. The fourth-order valence-corrected chi connectivity index (χ4v) is 7.01. The van der Waals surface area contributed by atoms with Gasteiger partial charge >= 0.3 is 0 Å². The summed E-state index contributed by atoms with van der Waals surface area (Å²) in [6.07, 6.45) is 11.4. The maximum atomic E-state index is 13.1. The van der Waals surface area contributed by atoms with Crippen molar-refractivity contribution in [2.75, 3.05) is 37.1 Å². The highest BCUT2D eigenvalue weighted by Gasteiger charge is 2.26. The minimum atomic E-state index is -2.60. The number of rotatable bonds is 8. The summed E-state index contributed by atoms with van der Waals surface area (Å²) < 4.78 is 19.1.